The van der Waals surface area contributed by atoms with Gasteiger partial charge < -0.3 is 15.4 Å². The minimum Gasteiger partial charge on any atom is -0.473 e. The van der Waals surface area contributed by atoms with Gasteiger partial charge in [-0.3, -0.25) is 4.79 Å². The zero-order valence-corrected chi connectivity index (χ0v) is 11.2. The van der Waals surface area contributed by atoms with Crippen molar-refractivity contribution in [3.8, 4) is 5.88 Å². The highest BCUT2D eigenvalue weighted by Crippen LogP contribution is 2.21. The first-order valence-electron chi connectivity index (χ1n) is 6.25. The van der Waals surface area contributed by atoms with Crippen LogP contribution in [0.5, 0.6) is 5.88 Å². The van der Waals surface area contributed by atoms with E-state index in [2.05, 4.69) is 15.6 Å². The van der Waals surface area contributed by atoms with Crippen molar-refractivity contribution in [2.24, 2.45) is 0 Å². The Morgan fingerprint density at radius 1 is 1.50 bits per heavy atom. The Kier molecular flexibility index (Phi) is 5.97. The number of nitrogens with one attached hydrogen (secondary N) is 2. The number of nitrogens with zero attached hydrogens (tertiary/aromatic N) is 1. The zero-order valence-electron chi connectivity index (χ0n) is 11.2. The molecular weight excluding hydrogens is 230 g/mol. The van der Waals surface area contributed by atoms with Gasteiger partial charge in [0.25, 0.3) is 0 Å². The van der Waals surface area contributed by atoms with Crippen LogP contribution in [0.15, 0.2) is 18.3 Å². The van der Waals surface area contributed by atoms with Gasteiger partial charge in [0.15, 0.2) is 0 Å². The number of carbonyl (C=O) groups is 1. The summed E-state index contributed by atoms with van der Waals surface area (Å²) in [6, 6.07) is 3.73. The smallest absolute Gasteiger partial charge is 0.237 e. The molecule has 0 fully saturated rings. The SMILES string of the molecule is CCNC(=O)CCNc1cccnc1OC(C)C. The number of aromatic nitrogens is 1. The summed E-state index contributed by atoms with van der Waals surface area (Å²) in [6.45, 7) is 7.03. The van der Waals surface area contributed by atoms with Crippen molar-refractivity contribution in [2.45, 2.75) is 33.3 Å². The van der Waals surface area contributed by atoms with Crippen LogP contribution in [0.3, 0.4) is 0 Å². The van der Waals surface area contributed by atoms with Crippen molar-refractivity contribution >= 4 is 11.6 Å². The predicted octanol–water partition coefficient (Wildman–Crippen LogP) is 1.81. The first kappa shape index (κ1) is 14.3. The van der Waals surface area contributed by atoms with E-state index in [1.807, 2.05) is 32.9 Å². The van der Waals surface area contributed by atoms with Crippen LogP contribution in [0.4, 0.5) is 5.69 Å². The lowest BCUT2D eigenvalue weighted by atomic mass is 10.3. The van der Waals surface area contributed by atoms with Crippen molar-refractivity contribution in [3.05, 3.63) is 18.3 Å². The van der Waals surface area contributed by atoms with E-state index < -0.39 is 0 Å². The Bertz CT molecular complexity index is 380. The van der Waals surface area contributed by atoms with E-state index in [9.17, 15) is 4.79 Å². The third-order valence-electron chi connectivity index (χ3n) is 2.16. The molecule has 100 valence electrons. The van der Waals surface area contributed by atoms with Crippen LogP contribution in [0.1, 0.15) is 27.2 Å². The van der Waals surface area contributed by atoms with Gasteiger partial charge in [0.2, 0.25) is 11.8 Å². The Morgan fingerprint density at radius 3 is 2.94 bits per heavy atom. The van der Waals surface area contributed by atoms with Crippen LogP contribution in [-0.4, -0.2) is 30.1 Å². The molecule has 5 nitrogen and oxygen atoms in total. The average Bonchev–Trinajstić information content (AvgIpc) is 2.31. The van der Waals surface area contributed by atoms with Crippen LogP contribution >= 0.6 is 0 Å². The number of rotatable bonds is 7. The molecule has 2 N–H and O–H groups in total. The predicted molar refractivity (Wildman–Crippen MR) is 71.8 cm³/mol. The fraction of sp³-hybridized carbons (Fsp3) is 0.538. The Hall–Kier alpha value is -1.78. The summed E-state index contributed by atoms with van der Waals surface area (Å²) in [5, 5.41) is 5.91. The second-order valence-corrected chi connectivity index (χ2v) is 4.15. The van der Waals surface area contributed by atoms with Crippen LogP contribution < -0.4 is 15.4 Å². The number of carbonyl (C=O) groups excluding carboxylic acids is 1. The van der Waals surface area contributed by atoms with Crippen molar-refractivity contribution in [2.75, 3.05) is 18.4 Å². The maximum Gasteiger partial charge on any atom is 0.237 e. The van der Waals surface area contributed by atoms with E-state index in [0.717, 1.165) is 5.69 Å². The van der Waals surface area contributed by atoms with Crippen molar-refractivity contribution < 1.29 is 9.53 Å². The first-order chi connectivity index (χ1) is 8.63. The highest BCUT2D eigenvalue weighted by Gasteiger charge is 2.06. The number of ether oxygens (including phenoxy) is 1. The maximum atomic E-state index is 11.3. The van der Waals surface area contributed by atoms with E-state index in [1.165, 1.54) is 0 Å². The van der Waals surface area contributed by atoms with Crippen LogP contribution in [-0.2, 0) is 4.79 Å². The number of hydrogen-bond donors (Lipinski definition) is 2. The molecule has 0 unspecified atom stereocenters. The Balaban J connectivity index is 2.48. The second kappa shape index (κ2) is 7.53. The van der Waals surface area contributed by atoms with Gasteiger partial charge in [-0.15, -0.1) is 0 Å². The van der Waals surface area contributed by atoms with E-state index in [-0.39, 0.29) is 12.0 Å². The molecule has 1 rings (SSSR count). The average molecular weight is 251 g/mol. The molecule has 0 atom stereocenters. The highest BCUT2D eigenvalue weighted by atomic mass is 16.5. The first-order valence-corrected chi connectivity index (χ1v) is 6.25. The molecule has 0 radical (unpaired) electrons. The summed E-state index contributed by atoms with van der Waals surface area (Å²) in [6.07, 6.45) is 2.19. The molecule has 0 bridgehead atoms. The van der Waals surface area contributed by atoms with E-state index in [4.69, 9.17) is 4.74 Å². The number of anilines is 1. The topological polar surface area (TPSA) is 63.2 Å². The monoisotopic (exact) mass is 251 g/mol. The molecule has 0 saturated carbocycles. The quantitative estimate of drug-likeness (QED) is 0.775. The minimum absolute atomic E-state index is 0.0419. The number of hydrogen-bond acceptors (Lipinski definition) is 4. The van der Waals surface area contributed by atoms with Gasteiger partial charge in [0.1, 0.15) is 0 Å². The summed E-state index contributed by atoms with van der Waals surface area (Å²) in [4.78, 5) is 15.5. The molecule has 1 heterocycles. The van der Waals surface area contributed by atoms with Crippen molar-refractivity contribution in [3.63, 3.8) is 0 Å². The largest absolute Gasteiger partial charge is 0.473 e. The lowest BCUT2D eigenvalue weighted by Gasteiger charge is -2.13. The summed E-state index contributed by atoms with van der Waals surface area (Å²) in [5.74, 6) is 0.614. The Morgan fingerprint density at radius 2 is 2.28 bits per heavy atom. The molecule has 18 heavy (non-hydrogen) atoms. The molecule has 1 aromatic rings. The lowest BCUT2D eigenvalue weighted by Crippen LogP contribution is -2.24. The fourth-order valence-corrected chi connectivity index (χ4v) is 1.44. The zero-order chi connectivity index (χ0) is 13.4. The van der Waals surface area contributed by atoms with Crippen LogP contribution in [0, 0.1) is 0 Å². The molecule has 1 aromatic heterocycles. The van der Waals surface area contributed by atoms with Gasteiger partial charge >= 0.3 is 0 Å². The van der Waals surface area contributed by atoms with Gasteiger partial charge in [-0.05, 0) is 32.9 Å². The van der Waals surface area contributed by atoms with Gasteiger partial charge in [-0.1, -0.05) is 0 Å². The third-order valence-corrected chi connectivity index (χ3v) is 2.16. The molecule has 0 spiro atoms. The molecule has 0 aliphatic carbocycles. The molecule has 0 aliphatic heterocycles. The number of pyridine rings is 1. The van der Waals surface area contributed by atoms with Gasteiger partial charge in [0, 0.05) is 25.7 Å². The van der Waals surface area contributed by atoms with E-state index in [1.54, 1.807) is 6.20 Å². The summed E-state index contributed by atoms with van der Waals surface area (Å²) in [5.41, 5.74) is 0.815. The minimum atomic E-state index is 0.0419. The number of amides is 1. The molecule has 0 aromatic carbocycles. The van der Waals surface area contributed by atoms with E-state index in [0.29, 0.717) is 25.4 Å². The molecule has 5 heteroatoms. The third kappa shape index (κ3) is 5.03. The lowest BCUT2D eigenvalue weighted by molar-refractivity contribution is -0.120. The standard InChI is InChI=1S/C13H21N3O2/c1-4-14-12(17)7-9-15-11-6-5-8-16-13(11)18-10(2)3/h5-6,8,10,15H,4,7,9H2,1-3H3,(H,14,17). The van der Waals surface area contributed by atoms with Gasteiger partial charge in [0.05, 0.1) is 11.8 Å². The maximum absolute atomic E-state index is 11.3. The summed E-state index contributed by atoms with van der Waals surface area (Å²) >= 11 is 0. The van der Waals surface area contributed by atoms with Gasteiger partial charge in [-0.2, -0.15) is 0 Å². The summed E-state index contributed by atoms with van der Waals surface area (Å²) < 4.78 is 5.58. The second-order valence-electron chi connectivity index (χ2n) is 4.15. The molecule has 0 saturated heterocycles. The summed E-state index contributed by atoms with van der Waals surface area (Å²) in [7, 11) is 0. The molecule has 1 amide bonds. The molecular formula is C13H21N3O2. The van der Waals surface area contributed by atoms with Crippen molar-refractivity contribution in [1.29, 1.82) is 0 Å². The van der Waals surface area contributed by atoms with Crippen LogP contribution in [0.25, 0.3) is 0 Å². The van der Waals surface area contributed by atoms with Crippen molar-refractivity contribution in [1.82, 2.24) is 10.3 Å². The normalized spacial score (nSPS) is 10.2. The van der Waals surface area contributed by atoms with Gasteiger partial charge in [-0.25, -0.2) is 4.98 Å². The molecule has 0 aliphatic rings. The highest BCUT2D eigenvalue weighted by molar-refractivity contribution is 5.76. The Labute approximate surface area is 108 Å². The van der Waals surface area contributed by atoms with Crippen LogP contribution in [0.2, 0.25) is 0 Å². The fourth-order valence-electron chi connectivity index (χ4n) is 1.44. The van der Waals surface area contributed by atoms with E-state index >= 15 is 0 Å².